The maximum atomic E-state index is 13.2. The number of benzene rings is 3. The van der Waals surface area contributed by atoms with E-state index in [9.17, 15) is 18.0 Å². The third-order valence-corrected chi connectivity index (χ3v) is 5.98. The van der Waals surface area contributed by atoms with Crippen molar-refractivity contribution in [3.63, 3.8) is 0 Å². The van der Waals surface area contributed by atoms with Crippen molar-refractivity contribution in [2.75, 3.05) is 5.01 Å². The van der Waals surface area contributed by atoms with Crippen LogP contribution in [-0.4, -0.2) is 31.2 Å². The molecule has 9 nitrogen and oxygen atoms in total. The van der Waals surface area contributed by atoms with Crippen LogP contribution in [0.25, 0.3) is 11.4 Å². The Morgan fingerprint density at radius 2 is 1.79 bits per heavy atom. The number of halogens is 6. The van der Waals surface area contributed by atoms with Crippen LogP contribution in [0.3, 0.4) is 0 Å². The van der Waals surface area contributed by atoms with Crippen molar-refractivity contribution in [1.82, 2.24) is 25.6 Å². The van der Waals surface area contributed by atoms with E-state index in [1.165, 1.54) is 6.07 Å². The Morgan fingerprint density at radius 3 is 2.49 bits per heavy atom. The smallest absolute Gasteiger partial charge is 0.416 e. The van der Waals surface area contributed by atoms with Crippen molar-refractivity contribution in [3.05, 3.63) is 81.3 Å². The summed E-state index contributed by atoms with van der Waals surface area (Å²) in [5, 5.41) is 12.9. The van der Waals surface area contributed by atoms with Crippen LogP contribution in [0.5, 0.6) is 11.5 Å². The van der Waals surface area contributed by atoms with E-state index in [1.807, 2.05) is 0 Å². The zero-order valence-electron chi connectivity index (χ0n) is 19.3. The number of nitrogens with zero attached hydrogens (tertiary/aromatic N) is 5. The predicted octanol–water partition coefficient (Wildman–Crippen LogP) is 5.89. The molecule has 4 aromatic rings. The topological polar surface area (TPSA) is 111 Å². The Kier molecular flexibility index (Phi) is 8.45. The van der Waals surface area contributed by atoms with Crippen molar-refractivity contribution in [1.29, 1.82) is 0 Å². The molecule has 0 saturated heterocycles. The molecule has 0 unspecified atom stereocenters. The normalized spacial score (nSPS) is 11.2. The van der Waals surface area contributed by atoms with E-state index in [1.54, 1.807) is 36.4 Å². The largest absolute Gasteiger partial charge is 0.455 e. The highest BCUT2D eigenvalue weighted by atomic mass is 35.5. The van der Waals surface area contributed by atoms with Crippen LogP contribution in [0.2, 0.25) is 15.1 Å². The molecule has 1 heterocycles. The lowest BCUT2D eigenvalue weighted by molar-refractivity contribution is -0.137. The van der Waals surface area contributed by atoms with Gasteiger partial charge < -0.3 is 10.5 Å². The average Bonchev–Trinajstić information content (AvgIpc) is 3.32. The first-order valence-corrected chi connectivity index (χ1v) is 12.2. The molecule has 0 aliphatic rings. The van der Waals surface area contributed by atoms with Crippen LogP contribution in [0.1, 0.15) is 5.56 Å². The number of hydrazine groups is 1. The lowest BCUT2D eigenvalue weighted by Gasteiger charge is -2.25. The zero-order valence-corrected chi connectivity index (χ0v) is 22.4. The number of carbonyl (C=O) groups excluding carboxylic acids is 1. The van der Waals surface area contributed by atoms with E-state index in [2.05, 4.69) is 20.8 Å². The molecule has 0 saturated carbocycles. The second kappa shape index (κ2) is 11.6. The Hall–Kier alpha value is -3.65. The van der Waals surface area contributed by atoms with Gasteiger partial charge in [0, 0.05) is 5.02 Å². The molecule has 3 aromatic carbocycles. The molecule has 0 bridgehead atoms. The molecule has 39 heavy (non-hydrogen) atoms. The highest BCUT2D eigenvalue weighted by Crippen LogP contribution is 2.36. The van der Waals surface area contributed by atoms with E-state index in [0.29, 0.717) is 28.2 Å². The minimum atomic E-state index is -4.66. The summed E-state index contributed by atoms with van der Waals surface area (Å²) in [6, 6.07) is 14.0. The first kappa shape index (κ1) is 28.4. The number of amides is 1. The van der Waals surface area contributed by atoms with Gasteiger partial charge in [0.1, 0.15) is 18.0 Å². The molecule has 0 aliphatic carbocycles. The standard InChI is InChI=1S/C23H15Cl3F3N7O2S/c24-13-6-8-19(16(26)10-13)38-18-4-2-1-3-14(18)21-31-34-35(33-21)11-20(37)32-36(22(30)39)17-9-12(23(27,28)29)5-7-15(17)25/h1-10H,11H2,(H2,30,39)(H,32,37). The molecule has 16 heteroatoms. The number of tetrazole rings is 1. The summed E-state index contributed by atoms with van der Waals surface area (Å²) in [4.78, 5) is 13.7. The van der Waals surface area contributed by atoms with Crippen LogP contribution in [0.4, 0.5) is 18.9 Å². The number of thiocarbonyl (C=S) groups is 1. The third-order valence-electron chi connectivity index (χ3n) is 4.95. The first-order chi connectivity index (χ1) is 18.4. The van der Waals surface area contributed by atoms with E-state index >= 15 is 0 Å². The number of nitrogens with two attached hydrogens (primary N) is 1. The number of aromatic nitrogens is 4. The lowest BCUT2D eigenvalue weighted by Crippen LogP contribution is -2.50. The van der Waals surface area contributed by atoms with Gasteiger partial charge >= 0.3 is 6.18 Å². The molecular formula is C23H15Cl3F3N7O2S. The van der Waals surface area contributed by atoms with Crippen LogP contribution in [0.15, 0.2) is 60.7 Å². The van der Waals surface area contributed by atoms with E-state index in [-0.39, 0.29) is 21.6 Å². The number of hydrogen-bond donors (Lipinski definition) is 2. The molecule has 1 amide bonds. The monoisotopic (exact) mass is 615 g/mol. The Morgan fingerprint density at radius 1 is 1.05 bits per heavy atom. The van der Waals surface area contributed by atoms with Gasteiger partial charge in [0.2, 0.25) is 5.82 Å². The molecule has 0 radical (unpaired) electrons. The molecular weight excluding hydrogens is 602 g/mol. The molecule has 0 aliphatic heterocycles. The van der Waals surface area contributed by atoms with Crippen LogP contribution < -0.4 is 20.9 Å². The van der Waals surface area contributed by atoms with Crippen molar-refractivity contribution in [2.45, 2.75) is 12.7 Å². The Labute approximate surface area is 239 Å². The number of ether oxygens (including phenoxy) is 1. The van der Waals surface area contributed by atoms with Crippen LogP contribution in [-0.2, 0) is 17.5 Å². The van der Waals surface area contributed by atoms with Gasteiger partial charge in [-0.25, -0.2) is 5.01 Å². The number of carbonyl (C=O) groups is 1. The van der Waals surface area contributed by atoms with Crippen molar-refractivity contribution >= 4 is 63.7 Å². The fraction of sp³-hybridized carbons (Fsp3) is 0.0870. The fourth-order valence-electron chi connectivity index (χ4n) is 3.22. The number of rotatable bonds is 6. The highest BCUT2D eigenvalue weighted by molar-refractivity contribution is 7.80. The summed E-state index contributed by atoms with van der Waals surface area (Å²) in [5.74, 6) is 0.0317. The van der Waals surface area contributed by atoms with Crippen LogP contribution >= 0.6 is 47.0 Å². The molecule has 1 aromatic heterocycles. The predicted molar refractivity (Wildman–Crippen MR) is 144 cm³/mol. The summed E-state index contributed by atoms with van der Waals surface area (Å²) in [7, 11) is 0. The van der Waals surface area contributed by atoms with Gasteiger partial charge in [-0.2, -0.15) is 18.0 Å². The second-order valence-electron chi connectivity index (χ2n) is 7.69. The van der Waals surface area contributed by atoms with Crippen molar-refractivity contribution < 1.29 is 22.7 Å². The van der Waals surface area contributed by atoms with Gasteiger partial charge in [0.25, 0.3) is 5.91 Å². The molecule has 0 spiro atoms. The van der Waals surface area contributed by atoms with E-state index in [0.717, 1.165) is 21.9 Å². The van der Waals surface area contributed by atoms with Gasteiger partial charge in [-0.1, -0.05) is 46.9 Å². The number of anilines is 1. The number of alkyl halides is 3. The quantitative estimate of drug-likeness (QED) is 0.204. The molecule has 4 rings (SSSR count). The first-order valence-electron chi connectivity index (χ1n) is 10.7. The second-order valence-corrected chi connectivity index (χ2v) is 9.36. The highest BCUT2D eigenvalue weighted by Gasteiger charge is 2.32. The summed E-state index contributed by atoms with van der Waals surface area (Å²) in [6.07, 6.45) is -4.66. The molecule has 0 atom stereocenters. The fourth-order valence-corrected chi connectivity index (χ4v) is 4.01. The number of para-hydroxylation sites is 1. The maximum absolute atomic E-state index is 13.2. The van der Waals surface area contributed by atoms with E-state index in [4.69, 9.17) is 57.5 Å². The maximum Gasteiger partial charge on any atom is 0.416 e. The van der Waals surface area contributed by atoms with Gasteiger partial charge in [0.15, 0.2) is 5.11 Å². The molecule has 3 N–H and O–H groups in total. The third kappa shape index (κ3) is 6.87. The molecule has 0 fully saturated rings. The van der Waals surface area contributed by atoms with Crippen LogP contribution in [0, 0.1) is 0 Å². The van der Waals surface area contributed by atoms with Gasteiger partial charge in [0.05, 0.1) is 26.9 Å². The molecule has 202 valence electrons. The lowest BCUT2D eigenvalue weighted by atomic mass is 10.2. The number of nitrogens with one attached hydrogen (secondary N) is 1. The van der Waals surface area contributed by atoms with Crippen molar-refractivity contribution in [2.24, 2.45) is 5.73 Å². The van der Waals surface area contributed by atoms with Gasteiger partial charge in [-0.15, -0.1) is 10.2 Å². The number of hydrogen-bond acceptors (Lipinski definition) is 6. The van der Waals surface area contributed by atoms with E-state index < -0.39 is 29.3 Å². The average molecular weight is 617 g/mol. The Bertz CT molecular complexity index is 1550. The summed E-state index contributed by atoms with van der Waals surface area (Å²) in [5.41, 5.74) is 7.10. The summed E-state index contributed by atoms with van der Waals surface area (Å²) in [6.45, 7) is -0.491. The Balaban J connectivity index is 1.52. The van der Waals surface area contributed by atoms with Crippen molar-refractivity contribution in [3.8, 4) is 22.9 Å². The summed E-state index contributed by atoms with van der Waals surface area (Å²) < 4.78 is 45.4. The van der Waals surface area contributed by atoms with Gasteiger partial charge in [-0.05, 0) is 66.0 Å². The minimum Gasteiger partial charge on any atom is -0.455 e. The van der Waals surface area contributed by atoms with Gasteiger partial charge in [-0.3, -0.25) is 10.2 Å². The SMILES string of the molecule is NC(=S)N(NC(=O)Cn1nnc(-c2ccccc2Oc2ccc(Cl)cc2Cl)n1)c1cc(C(F)(F)F)ccc1Cl. The zero-order chi connectivity index (χ0) is 28.3. The summed E-state index contributed by atoms with van der Waals surface area (Å²) >= 11 is 23.1. The minimum absolute atomic E-state index is 0.121.